The molecule has 2 rings (SSSR count). The van der Waals surface area contributed by atoms with Crippen LogP contribution in [0.3, 0.4) is 0 Å². The molecule has 1 unspecified atom stereocenters. The van der Waals surface area contributed by atoms with Crippen LogP contribution in [-0.4, -0.2) is 16.1 Å². The third kappa shape index (κ3) is 2.71. The van der Waals surface area contributed by atoms with Crippen LogP contribution in [0.5, 0.6) is 0 Å². The zero-order valence-electron chi connectivity index (χ0n) is 11.1. The van der Waals surface area contributed by atoms with Gasteiger partial charge < -0.3 is 10.3 Å². The van der Waals surface area contributed by atoms with Gasteiger partial charge in [0.05, 0.1) is 6.33 Å². The predicted molar refractivity (Wildman–Crippen MR) is 71.0 cm³/mol. The van der Waals surface area contributed by atoms with Crippen LogP contribution in [0, 0.1) is 5.92 Å². The number of imidazole rings is 1. The molecule has 2 N–H and O–H groups in total. The van der Waals surface area contributed by atoms with Gasteiger partial charge in [0.1, 0.15) is 0 Å². The van der Waals surface area contributed by atoms with Gasteiger partial charge in [0.15, 0.2) is 0 Å². The molecule has 3 heteroatoms. The number of aromatic nitrogens is 2. The molecule has 1 fully saturated rings. The lowest BCUT2D eigenvalue weighted by molar-refractivity contribution is 0.334. The summed E-state index contributed by atoms with van der Waals surface area (Å²) in [6.45, 7) is 5.21. The fourth-order valence-electron chi connectivity index (χ4n) is 3.00. The zero-order valence-corrected chi connectivity index (χ0v) is 11.1. The van der Waals surface area contributed by atoms with Crippen molar-refractivity contribution in [2.24, 2.45) is 11.7 Å². The van der Waals surface area contributed by atoms with E-state index >= 15 is 0 Å². The van der Waals surface area contributed by atoms with Crippen LogP contribution in [0.2, 0.25) is 0 Å². The Morgan fingerprint density at radius 3 is 2.65 bits per heavy atom. The van der Waals surface area contributed by atoms with E-state index in [2.05, 4.69) is 23.4 Å². The van der Waals surface area contributed by atoms with Gasteiger partial charge in [-0.25, -0.2) is 4.98 Å². The van der Waals surface area contributed by atoms with Gasteiger partial charge in [0, 0.05) is 30.4 Å². The highest BCUT2D eigenvalue weighted by Crippen LogP contribution is 2.32. The molecule has 0 bridgehead atoms. The maximum Gasteiger partial charge on any atom is 0.0950 e. The van der Waals surface area contributed by atoms with Crippen molar-refractivity contribution in [2.75, 3.05) is 6.54 Å². The molecule has 0 aliphatic heterocycles. The number of hydrogen-bond acceptors (Lipinski definition) is 2. The van der Waals surface area contributed by atoms with E-state index in [4.69, 9.17) is 5.73 Å². The summed E-state index contributed by atoms with van der Waals surface area (Å²) in [6, 6.07) is 0.661. The molecule has 0 spiro atoms. The van der Waals surface area contributed by atoms with E-state index in [0.29, 0.717) is 17.9 Å². The van der Waals surface area contributed by atoms with Gasteiger partial charge in [-0.2, -0.15) is 0 Å². The molecular weight excluding hydrogens is 210 g/mol. The van der Waals surface area contributed by atoms with E-state index in [0.717, 1.165) is 6.54 Å². The Balaban J connectivity index is 2.20. The second kappa shape index (κ2) is 5.67. The molecule has 1 heterocycles. The number of hydrogen-bond donors (Lipinski definition) is 1. The molecule has 0 radical (unpaired) electrons. The molecule has 0 saturated heterocycles. The molecule has 1 atom stereocenters. The van der Waals surface area contributed by atoms with Crippen molar-refractivity contribution >= 4 is 0 Å². The average Bonchev–Trinajstić information content (AvgIpc) is 2.80. The van der Waals surface area contributed by atoms with Gasteiger partial charge in [-0.3, -0.25) is 0 Å². The Labute approximate surface area is 104 Å². The van der Waals surface area contributed by atoms with Gasteiger partial charge in [0.25, 0.3) is 0 Å². The second-order valence-corrected chi connectivity index (χ2v) is 5.60. The minimum atomic E-state index is 0.444. The highest BCUT2D eigenvalue weighted by molar-refractivity contribution is 5.09. The Morgan fingerprint density at radius 1 is 1.35 bits per heavy atom. The number of nitrogens with two attached hydrogens (primary N) is 1. The van der Waals surface area contributed by atoms with Crippen LogP contribution < -0.4 is 5.73 Å². The van der Waals surface area contributed by atoms with Crippen LogP contribution >= 0.6 is 0 Å². The molecule has 96 valence electrons. The van der Waals surface area contributed by atoms with Crippen molar-refractivity contribution in [2.45, 2.75) is 57.9 Å². The predicted octanol–water partition coefficient (Wildman–Crippen LogP) is 3.09. The second-order valence-electron chi connectivity index (χ2n) is 5.60. The van der Waals surface area contributed by atoms with Gasteiger partial charge in [0.2, 0.25) is 0 Å². The molecule has 1 aliphatic rings. The van der Waals surface area contributed by atoms with Gasteiger partial charge >= 0.3 is 0 Å². The summed E-state index contributed by atoms with van der Waals surface area (Å²) >= 11 is 0. The molecule has 0 amide bonds. The van der Waals surface area contributed by atoms with E-state index in [1.807, 2.05) is 12.5 Å². The minimum Gasteiger partial charge on any atom is -0.331 e. The van der Waals surface area contributed by atoms with Crippen molar-refractivity contribution in [1.82, 2.24) is 9.55 Å². The molecule has 17 heavy (non-hydrogen) atoms. The first-order valence-electron chi connectivity index (χ1n) is 6.95. The first-order chi connectivity index (χ1) is 8.24. The third-order valence-electron chi connectivity index (χ3n) is 4.10. The standard InChI is InChI=1S/C14H25N3/c1-11(2)13(8-15)14-9-16-10-17(14)12-6-4-3-5-7-12/h9-13H,3-8,15H2,1-2H3. The summed E-state index contributed by atoms with van der Waals surface area (Å²) in [5.74, 6) is 1.03. The van der Waals surface area contributed by atoms with Gasteiger partial charge in [-0.1, -0.05) is 33.1 Å². The average molecular weight is 235 g/mol. The van der Waals surface area contributed by atoms with E-state index in [-0.39, 0.29) is 0 Å². The first kappa shape index (κ1) is 12.6. The van der Waals surface area contributed by atoms with Crippen molar-refractivity contribution in [3.05, 3.63) is 18.2 Å². The van der Waals surface area contributed by atoms with Crippen LogP contribution in [0.1, 0.15) is 63.6 Å². The largest absolute Gasteiger partial charge is 0.331 e. The van der Waals surface area contributed by atoms with Gasteiger partial charge in [-0.15, -0.1) is 0 Å². The molecule has 1 aromatic heterocycles. The molecule has 1 aromatic rings. The highest BCUT2D eigenvalue weighted by atomic mass is 15.1. The first-order valence-corrected chi connectivity index (χ1v) is 6.95. The molecule has 3 nitrogen and oxygen atoms in total. The molecular formula is C14H25N3. The minimum absolute atomic E-state index is 0.444. The Morgan fingerprint density at radius 2 is 2.06 bits per heavy atom. The lowest BCUT2D eigenvalue weighted by Crippen LogP contribution is -2.23. The summed E-state index contributed by atoms with van der Waals surface area (Å²) in [4.78, 5) is 4.36. The normalized spacial score (nSPS) is 19.8. The maximum absolute atomic E-state index is 5.92. The maximum atomic E-state index is 5.92. The monoisotopic (exact) mass is 235 g/mol. The van der Waals surface area contributed by atoms with Crippen LogP contribution in [0.25, 0.3) is 0 Å². The molecule has 0 aromatic carbocycles. The fraction of sp³-hybridized carbons (Fsp3) is 0.786. The topological polar surface area (TPSA) is 43.8 Å². The summed E-state index contributed by atoms with van der Waals surface area (Å²) in [5, 5.41) is 0. The Bertz CT molecular complexity index is 337. The number of rotatable bonds is 4. The molecule has 1 aliphatic carbocycles. The summed E-state index contributed by atoms with van der Waals surface area (Å²) < 4.78 is 2.40. The third-order valence-corrected chi connectivity index (χ3v) is 4.10. The zero-order chi connectivity index (χ0) is 12.3. The SMILES string of the molecule is CC(C)C(CN)c1cncn1C1CCCCC1. The van der Waals surface area contributed by atoms with Crippen molar-refractivity contribution in [3.8, 4) is 0 Å². The van der Waals surface area contributed by atoms with Crippen molar-refractivity contribution in [3.63, 3.8) is 0 Å². The highest BCUT2D eigenvalue weighted by Gasteiger charge is 2.23. The van der Waals surface area contributed by atoms with E-state index in [9.17, 15) is 0 Å². The summed E-state index contributed by atoms with van der Waals surface area (Å²) in [6.07, 6.45) is 10.7. The smallest absolute Gasteiger partial charge is 0.0950 e. The summed E-state index contributed by atoms with van der Waals surface area (Å²) in [5.41, 5.74) is 7.26. The van der Waals surface area contributed by atoms with Crippen LogP contribution in [0.4, 0.5) is 0 Å². The number of nitrogens with zero attached hydrogens (tertiary/aromatic N) is 2. The van der Waals surface area contributed by atoms with Crippen molar-refractivity contribution < 1.29 is 0 Å². The van der Waals surface area contributed by atoms with E-state index in [1.165, 1.54) is 37.8 Å². The lowest BCUT2D eigenvalue weighted by Gasteiger charge is -2.28. The Kier molecular flexibility index (Phi) is 4.21. The Hall–Kier alpha value is -0.830. The lowest BCUT2D eigenvalue weighted by atomic mass is 9.90. The van der Waals surface area contributed by atoms with Crippen LogP contribution in [-0.2, 0) is 0 Å². The fourth-order valence-corrected chi connectivity index (χ4v) is 3.00. The van der Waals surface area contributed by atoms with E-state index in [1.54, 1.807) is 0 Å². The van der Waals surface area contributed by atoms with Gasteiger partial charge in [-0.05, 0) is 18.8 Å². The summed E-state index contributed by atoms with van der Waals surface area (Å²) in [7, 11) is 0. The molecule has 1 saturated carbocycles. The van der Waals surface area contributed by atoms with Crippen LogP contribution in [0.15, 0.2) is 12.5 Å². The quantitative estimate of drug-likeness (QED) is 0.871. The van der Waals surface area contributed by atoms with E-state index < -0.39 is 0 Å². The van der Waals surface area contributed by atoms with Crippen molar-refractivity contribution in [1.29, 1.82) is 0 Å².